The maximum atomic E-state index is 12.6. The monoisotopic (exact) mass is 396 g/mol. The van der Waals surface area contributed by atoms with Gasteiger partial charge in [0.05, 0.1) is 11.0 Å². The molecule has 0 saturated heterocycles. The third-order valence-electron chi connectivity index (χ3n) is 4.64. The SMILES string of the molecule is CNC(=O)c1ccc(/C=C/C(=O)Nc2nc3ccccc3n2-c2ccccc2)cc1. The number of hydrogen-bond acceptors (Lipinski definition) is 3. The van der Waals surface area contributed by atoms with Gasteiger partial charge >= 0.3 is 0 Å². The zero-order valence-corrected chi connectivity index (χ0v) is 16.4. The molecule has 4 rings (SSSR count). The molecule has 6 nitrogen and oxygen atoms in total. The molecule has 1 heterocycles. The van der Waals surface area contributed by atoms with Gasteiger partial charge in [-0.15, -0.1) is 0 Å². The summed E-state index contributed by atoms with van der Waals surface area (Å²) >= 11 is 0. The number of rotatable bonds is 5. The number of imidazole rings is 1. The van der Waals surface area contributed by atoms with Gasteiger partial charge in [-0.05, 0) is 48.0 Å². The summed E-state index contributed by atoms with van der Waals surface area (Å²) in [4.78, 5) is 28.7. The highest BCUT2D eigenvalue weighted by Gasteiger charge is 2.13. The van der Waals surface area contributed by atoms with Crippen molar-refractivity contribution in [3.05, 3.63) is 96.1 Å². The van der Waals surface area contributed by atoms with Crippen LogP contribution in [0.5, 0.6) is 0 Å². The van der Waals surface area contributed by atoms with Crippen LogP contribution in [0.3, 0.4) is 0 Å². The van der Waals surface area contributed by atoms with Crippen LogP contribution >= 0.6 is 0 Å². The van der Waals surface area contributed by atoms with Crippen LogP contribution in [-0.4, -0.2) is 28.4 Å². The predicted octanol–water partition coefficient (Wildman–Crippen LogP) is 4.04. The van der Waals surface area contributed by atoms with E-state index in [0.29, 0.717) is 11.5 Å². The molecule has 0 saturated carbocycles. The molecule has 30 heavy (non-hydrogen) atoms. The molecule has 2 amide bonds. The van der Waals surface area contributed by atoms with Gasteiger partial charge in [0.25, 0.3) is 11.8 Å². The molecule has 0 radical (unpaired) electrons. The van der Waals surface area contributed by atoms with Crippen LogP contribution in [0, 0.1) is 0 Å². The Kier molecular flexibility index (Phi) is 5.39. The van der Waals surface area contributed by atoms with Crippen LogP contribution in [0.1, 0.15) is 15.9 Å². The second-order valence-corrected chi connectivity index (χ2v) is 6.62. The number of nitrogens with zero attached hydrogens (tertiary/aromatic N) is 2. The first-order chi connectivity index (χ1) is 14.7. The lowest BCUT2D eigenvalue weighted by Crippen LogP contribution is -2.17. The van der Waals surface area contributed by atoms with E-state index in [4.69, 9.17) is 0 Å². The third-order valence-corrected chi connectivity index (χ3v) is 4.64. The van der Waals surface area contributed by atoms with Crippen LogP contribution < -0.4 is 10.6 Å². The van der Waals surface area contributed by atoms with Gasteiger partial charge in [0, 0.05) is 24.4 Å². The van der Waals surface area contributed by atoms with Gasteiger partial charge in [0.2, 0.25) is 5.95 Å². The van der Waals surface area contributed by atoms with E-state index in [-0.39, 0.29) is 11.8 Å². The topological polar surface area (TPSA) is 76.0 Å². The van der Waals surface area contributed by atoms with Crippen molar-refractivity contribution in [3.63, 3.8) is 0 Å². The van der Waals surface area contributed by atoms with E-state index in [2.05, 4.69) is 15.6 Å². The highest BCUT2D eigenvalue weighted by atomic mass is 16.2. The van der Waals surface area contributed by atoms with E-state index >= 15 is 0 Å². The summed E-state index contributed by atoms with van der Waals surface area (Å²) in [6.07, 6.45) is 3.14. The molecule has 0 spiro atoms. The number of nitrogens with one attached hydrogen (secondary N) is 2. The summed E-state index contributed by atoms with van der Waals surface area (Å²) in [6.45, 7) is 0. The number of benzene rings is 3. The van der Waals surface area contributed by atoms with Crippen molar-refractivity contribution < 1.29 is 9.59 Å². The molecule has 2 N–H and O–H groups in total. The highest BCUT2D eigenvalue weighted by Crippen LogP contribution is 2.24. The number of hydrogen-bond donors (Lipinski definition) is 2. The molecule has 0 fully saturated rings. The van der Waals surface area contributed by atoms with Crippen molar-refractivity contribution in [2.24, 2.45) is 0 Å². The zero-order chi connectivity index (χ0) is 20.9. The van der Waals surface area contributed by atoms with Crippen molar-refractivity contribution in [2.45, 2.75) is 0 Å². The molecule has 0 aliphatic carbocycles. The third kappa shape index (κ3) is 3.98. The molecule has 0 unspecified atom stereocenters. The normalized spacial score (nSPS) is 11.0. The van der Waals surface area contributed by atoms with Crippen LogP contribution in [-0.2, 0) is 4.79 Å². The number of para-hydroxylation sites is 3. The van der Waals surface area contributed by atoms with Crippen LogP contribution in [0.4, 0.5) is 5.95 Å². The van der Waals surface area contributed by atoms with Crippen molar-refractivity contribution in [3.8, 4) is 5.69 Å². The molecule has 0 bridgehead atoms. The Balaban J connectivity index is 1.58. The predicted molar refractivity (Wildman–Crippen MR) is 119 cm³/mol. The average molecular weight is 396 g/mol. The Morgan fingerprint density at radius 3 is 2.33 bits per heavy atom. The van der Waals surface area contributed by atoms with Gasteiger partial charge in [0.15, 0.2) is 0 Å². The van der Waals surface area contributed by atoms with Crippen LogP contribution in [0.2, 0.25) is 0 Å². The van der Waals surface area contributed by atoms with E-state index in [1.165, 1.54) is 6.08 Å². The van der Waals surface area contributed by atoms with Gasteiger partial charge in [-0.2, -0.15) is 0 Å². The van der Waals surface area contributed by atoms with Crippen molar-refractivity contribution >= 4 is 34.9 Å². The lowest BCUT2D eigenvalue weighted by molar-refractivity contribution is -0.111. The fourth-order valence-corrected chi connectivity index (χ4v) is 3.16. The minimum absolute atomic E-state index is 0.150. The van der Waals surface area contributed by atoms with Gasteiger partial charge in [-0.1, -0.05) is 42.5 Å². The first kappa shape index (κ1) is 19.1. The molecule has 3 aromatic carbocycles. The summed E-state index contributed by atoms with van der Waals surface area (Å²) in [6, 6.07) is 24.5. The van der Waals surface area contributed by atoms with E-state index in [0.717, 1.165) is 22.3 Å². The summed E-state index contributed by atoms with van der Waals surface area (Å²) < 4.78 is 1.92. The Labute approximate surface area is 173 Å². The fourth-order valence-electron chi connectivity index (χ4n) is 3.16. The standard InChI is InChI=1S/C24H20N4O2/c1-25-23(30)18-14-11-17(12-15-18)13-16-22(29)27-24-26-20-9-5-6-10-21(20)28(24)19-7-3-2-4-8-19/h2-16H,1H3,(H,25,30)(H,26,27,29)/b16-13+. The van der Waals surface area contributed by atoms with Crippen LogP contribution in [0.25, 0.3) is 22.8 Å². The summed E-state index contributed by atoms with van der Waals surface area (Å²) in [5.74, 6) is 0.00738. The van der Waals surface area contributed by atoms with E-state index < -0.39 is 0 Å². The number of carbonyl (C=O) groups excluding carboxylic acids is 2. The van der Waals surface area contributed by atoms with Gasteiger partial charge in [-0.3, -0.25) is 19.5 Å². The summed E-state index contributed by atoms with van der Waals surface area (Å²) in [7, 11) is 1.59. The zero-order valence-electron chi connectivity index (χ0n) is 16.4. The number of amides is 2. The second-order valence-electron chi connectivity index (χ2n) is 6.62. The highest BCUT2D eigenvalue weighted by molar-refractivity contribution is 6.02. The van der Waals surface area contributed by atoms with Crippen molar-refractivity contribution in [1.82, 2.24) is 14.9 Å². The molecule has 0 aliphatic rings. The quantitative estimate of drug-likeness (QED) is 0.500. The number of carbonyl (C=O) groups is 2. The fraction of sp³-hybridized carbons (Fsp3) is 0.0417. The minimum atomic E-state index is -0.294. The summed E-state index contributed by atoms with van der Waals surface area (Å²) in [5.41, 5.74) is 4.00. The number of anilines is 1. The molecular weight excluding hydrogens is 376 g/mol. The molecule has 0 aliphatic heterocycles. The Morgan fingerprint density at radius 1 is 0.900 bits per heavy atom. The average Bonchev–Trinajstić information content (AvgIpc) is 3.15. The Bertz CT molecular complexity index is 1230. The molecule has 4 aromatic rings. The maximum absolute atomic E-state index is 12.6. The van der Waals surface area contributed by atoms with Gasteiger partial charge in [-0.25, -0.2) is 4.98 Å². The van der Waals surface area contributed by atoms with E-state index in [1.807, 2.05) is 59.2 Å². The molecular formula is C24H20N4O2. The molecule has 6 heteroatoms. The smallest absolute Gasteiger partial charge is 0.251 e. The van der Waals surface area contributed by atoms with Crippen molar-refractivity contribution in [1.29, 1.82) is 0 Å². The molecule has 1 aromatic heterocycles. The van der Waals surface area contributed by atoms with Crippen LogP contribution in [0.15, 0.2) is 84.9 Å². The van der Waals surface area contributed by atoms with Gasteiger partial charge in [0.1, 0.15) is 0 Å². The molecule has 148 valence electrons. The Hall–Kier alpha value is -4.19. The molecule has 0 atom stereocenters. The number of fused-ring (bicyclic) bond motifs is 1. The first-order valence-electron chi connectivity index (χ1n) is 9.50. The lowest BCUT2D eigenvalue weighted by Gasteiger charge is -2.09. The first-order valence-corrected chi connectivity index (χ1v) is 9.50. The largest absolute Gasteiger partial charge is 0.355 e. The minimum Gasteiger partial charge on any atom is -0.355 e. The summed E-state index contributed by atoms with van der Waals surface area (Å²) in [5, 5.41) is 5.45. The lowest BCUT2D eigenvalue weighted by atomic mass is 10.1. The van der Waals surface area contributed by atoms with Gasteiger partial charge < -0.3 is 5.32 Å². The van der Waals surface area contributed by atoms with E-state index in [9.17, 15) is 9.59 Å². The number of aromatic nitrogens is 2. The second kappa shape index (κ2) is 8.45. The Morgan fingerprint density at radius 2 is 1.60 bits per heavy atom. The maximum Gasteiger partial charge on any atom is 0.251 e. The van der Waals surface area contributed by atoms with Crippen molar-refractivity contribution in [2.75, 3.05) is 12.4 Å². The van der Waals surface area contributed by atoms with E-state index in [1.54, 1.807) is 37.4 Å².